The fourth-order valence-corrected chi connectivity index (χ4v) is 1.45. The smallest absolute Gasteiger partial charge is 0.156 e. The van der Waals surface area contributed by atoms with E-state index in [4.69, 9.17) is 0 Å². The second-order valence-electron chi connectivity index (χ2n) is 2.87. The fourth-order valence-electron chi connectivity index (χ4n) is 1.04. The molecule has 1 N–H and O–H groups in total. The molecule has 74 valence electrons. The van der Waals surface area contributed by atoms with E-state index in [1.54, 1.807) is 23.9 Å². The Morgan fingerprint density at radius 3 is 2.36 bits per heavy atom. The van der Waals surface area contributed by atoms with Gasteiger partial charge in [0.05, 0.1) is 0 Å². The third-order valence-electron chi connectivity index (χ3n) is 1.73. The monoisotopic (exact) mass is 208 g/mol. The number of ketones is 1. The molecule has 1 aromatic rings. The number of thioether (sulfide) groups is 1. The highest BCUT2D eigenvalue weighted by Gasteiger charge is 1.99. The summed E-state index contributed by atoms with van der Waals surface area (Å²) in [4.78, 5) is 11.8. The maximum atomic E-state index is 10.7. The summed E-state index contributed by atoms with van der Waals surface area (Å²) in [5, 5.41) is 9.49. The zero-order chi connectivity index (χ0) is 10.6. The third-order valence-corrected chi connectivity index (χ3v) is 2.47. The Balaban J connectivity index is 2.92. The Kier molecular flexibility index (Phi) is 3.77. The lowest BCUT2D eigenvalue weighted by molar-refractivity contribution is -0.112. The van der Waals surface area contributed by atoms with E-state index in [2.05, 4.69) is 0 Å². The van der Waals surface area contributed by atoms with E-state index >= 15 is 0 Å². The minimum atomic E-state index is -0.156. The summed E-state index contributed by atoms with van der Waals surface area (Å²) < 4.78 is 0. The Bertz CT molecular complexity index is 352. The summed E-state index contributed by atoms with van der Waals surface area (Å²) >= 11 is 1.64. The second-order valence-corrected chi connectivity index (χ2v) is 3.75. The number of rotatable bonds is 3. The van der Waals surface area contributed by atoms with E-state index in [1.165, 1.54) is 13.0 Å². The maximum absolute atomic E-state index is 10.7. The van der Waals surface area contributed by atoms with Gasteiger partial charge in [0, 0.05) is 16.5 Å². The number of hydrogen-bond acceptors (Lipinski definition) is 3. The van der Waals surface area contributed by atoms with Crippen LogP contribution in [0.5, 0.6) is 0 Å². The number of aliphatic hydroxyl groups is 1. The van der Waals surface area contributed by atoms with Crippen LogP contribution in [0.1, 0.15) is 12.5 Å². The molecule has 2 nitrogen and oxygen atoms in total. The van der Waals surface area contributed by atoms with E-state index in [0.717, 1.165) is 4.90 Å². The summed E-state index contributed by atoms with van der Waals surface area (Å²) in [6, 6.07) is 7.40. The molecule has 0 aliphatic rings. The molecule has 0 aromatic heterocycles. The van der Waals surface area contributed by atoms with E-state index in [0.29, 0.717) is 5.56 Å². The first-order chi connectivity index (χ1) is 6.63. The number of carbonyl (C=O) groups is 1. The molecule has 0 aliphatic heterocycles. The molecule has 0 unspecified atom stereocenters. The predicted molar refractivity (Wildman–Crippen MR) is 59.5 cm³/mol. The fraction of sp³-hybridized carbons (Fsp3) is 0.182. The van der Waals surface area contributed by atoms with Crippen LogP contribution in [-0.4, -0.2) is 17.1 Å². The van der Waals surface area contributed by atoms with Crippen molar-refractivity contribution in [3.8, 4) is 0 Å². The van der Waals surface area contributed by atoms with Crippen LogP contribution in [-0.2, 0) is 4.79 Å². The SMILES string of the molecule is CSc1ccc(/C(O)=C/C(C)=O)cc1. The molecular weight excluding hydrogens is 196 g/mol. The Labute approximate surface area is 87.6 Å². The van der Waals surface area contributed by atoms with Crippen molar-refractivity contribution in [3.05, 3.63) is 35.9 Å². The van der Waals surface area contributed by atoms with E-state index in [9.17, 15) is 9.90 Å². The summed E-state index contributed by atoms with van der Waals surface area (Å²) in [6.45, 7) is 1.41. The second kappa shape index (κ2) is 4.86. The van der Waals surface area contributed by atoms with Gasteiger partial charge in [-0.25, -0.2) is 0 Å². The first-order valence-electron chi connectivity index (χ1n) is 4.19. The molecule has 0 saturated carbocycles. The summed E-state index contributed by atoms with van der Waals surface area (Å²) in [5.74, 6) is -0.137. The predicted octanol–water partition coefficient (Wildman–Crippen LogP) is 2.90. The van der Waals surface area contributed by atoms with Crippen molar-refractivity contribution < 1.29 is 9.90 Å². The number of benzene rings is 1. The zero-order valence-corrected chi connectivity index (χ0v) is 8.97. The quantitative estimate of drug-likeness (QED) is 0.471. The van der Waals surface area contributed by atoms with Gasteiger partial charge in [-0.2, -0.15) is 0 Å². The van der Waals surface area contributed by atoms with Crippen molar-refractivity contribution in [2.45, 2.75) is 11.8 Å². The van der Waals surface area contributed by atoms with E-state index in [1.807, 2.05) is 18.4 Å². The first-order valence-corrected chi connectivity index (χ1v) is 5.41. The van der Waals surface area contributed by atoms with Crippen LogP contribution in [0.2, 0.25) is 0 Å². The molecule has 3 heteroatoms. The summed E-state index contributed by atoms with van der Waals surface area (Å²) in [5.41, 5.74) is 0.665. The Morgan fingerprint density at radius 1 is 1.36 bits per heavy atom. The maximum Gasteiger partial charge on any atom is 0.156 e. The molecule has 1 aromatic carbocycles. The highest BCUT2D eigenvalue weighted by atomic mass is 32.2. The van der Waals surface area contributed by atoms with Crippen LogP contribution >= 0.6 is 11.8 Å². The number of hydrogen-bond donors (Lipinski definition) is 1. The first kappa shape index (κ1) is 10.9. The molecular formula is C11H12O2S. The Hall–Kier alpha value is -1.22. The van der Waals surface area contributed by atoms with Crippen molar-refractivity contribution in [2.75, 3.05) is 6.26 Å². The van der Waals surface area contributed by atoms with Gasteiger partial charge < -0.3 is 5.11 Å². The highest BCUT2D eigenvalue weighted by molar-refractivity contribution is 7.98. The summed E-state index contributed by atoms with van der Waals surface area (Å²) in [7, 11) is 0. The van der Waals surface area contributed by atoms with Gasteiger partial charge in [0.15, 0.2) is 5.78 Å². The Morgan fingerprint density at radius 2 is 1.93 bits per heavy atom. The lowest BCUT2D eigenvalue weighted by Gasteiger charge is -2.00. The number of aliphatic hydroxyl groups excluding tert-OH is 1. The molecule has 0 amide bonds. The van der Waals surface area contributed by atoms with Crippen LogP contribution in [0.25, 0.3) is 5.76 Å². The minimum absolute atomic E-state index is 0.0187. The van der Waals surface area contributed by atoms with Crippen molar-refractivity contribution in [3.63, 3.8) is 0 Å². The standard InChI is InChI=1S/C11H12O2S/c1-8(12)7-11(13)9-3-5-10(14-2)6-4-9/h3-7,13H,1-2H3/b11-7-. The molecule has 0 heterocycles. The van der Waals surface area contributed by atoms with Crippen LogP contribution in [0.4, 0.5) is 0 Å². The molecule has 0 radical (unpaired) electrons. The summed E-state index contributed by atoms with van der Waals surface area (Å²) in [6.07, 6.45) is 3.20. The molecule has 0 fully saturated rings. The lowest BCUT2D eigenvalue weighted by Crippen LogP contribution is -1.88. The normalized spacial score (nSPS) is 11.4. The van der Waals surface area contributed by atoms with Crippen molar-refractivity contribution in [2.24, 2.45) is 0 Å². The highest BCUT2D eigenvalue weighted by Crippen LogP contribution is 2.18. The van der Waals surface area contributed by atoms with Crippen molar-refractivity contribution in [1.82, 2.24) is 0 Å². The molecule has 1 rings (SSSR count). The third kappa shape index (κ3) is 2.92. The van der Waals surface area contributed by atoms with Crippen LogP contribution in [0.15, 0.2) is 35.2 Å². The van der Waals surface area contributed by atoms with E-state index < -0.39 is 0 Å². The van der Waals surface area contributed by atoms with Gasteiger partial charge in [-0.1, -0.05) is 12.1 Å². The number of carbonyl (C=O) groups excluding carboxylic acids is 1. The topological polar surface area (TPSA) is 37.3 Å². The molecule has 0 bridgehead atoms. The number of allylic oxidation sites excluding steroid dienone is 1. The van der Waals surface area contributed by atoms with Crippen LogP contribution < -0.4 is 0 Å². The van der Waals surface area contributed by atoms with Crippen LogP contribution in [0, 0.1) is 0 Å². The lowest BCUT2D eigenvalue weighted by atomic mass is 10.1. The van der Waals surface area contributed by atoms with Gasteiger partial charge in [-0.05, 0) is 25.3 Å². The average molecular weight is 208 g/mol. The van der Waals surface area contributed by atoms with E-state index in [-0.39, 0.29) is 11.5 Å². The largest absolute Gasteiger partial charge is 0.507 e. The average Bonchev–Trinajstić information content (AvgIpc) is 2.17. The van der Waals surface area contributed by atoms with Gasteiger partial charge in [-0.15, -0.1) is 11.8 Å². The van der Waals surface area contributed by atoms with Gasteiger partial charge in [0.25, 0.3) is 0 Å². The van der Waals surface area contributed by atoms with Gasteiger partial charge in [0.1, 0.15) is 5.76 Å². The zero-order valence-electron chi connectivity index (χ0n) is 8.15. The van der Waals surface area contributed by atoms with Gasteiger partial charge in [-0.3, -0.25) is 4.79 Å². The molecule has 0 aliphatic carbocycles. The molecule has 0 spiro atoms. The van der Waals surface area contributed by atoms with Crippen LogP contribution in [0.3, 0.4) is 0 Å². The van der Waals surface area contributed by atoms with Gasteiger partial charge in [0.2, 0.25) is 0 Å². The molecule has 14 heavy (non-hydrogen) atoms. The van der Waals surface area contributed by atoms with Gasteiger partial charge >= 0.3 is 0 Å². The van der Waals surface area contributed by atoms with Crippen molar-refractivity contribution in [1.29, 1.82) is 0 Å². The van der Waals surface area contributed by atoms with Crippen molar-refractivity contribution >= 4 is 23.3 Å². The molecule has 0 saturated heterocycles. The minimum Gasteiger partial charge on any atom is -0.507 e. The molecule has 0 atom stereocenters.